The number of hydrogen-bond donors (Lipinski definition) is 1. The summed E-state index contributed by atoms with van der Waals surface area (Å²) in [5.74, 6) is 0.119. The largest absolute Gasteiger partial charge is 0.341 e. The highest BCUT2D eigenvalue weighted by Crippen LogP contribution is 2.16. The molecule has 4 heteroatoms. The van der Waals surface area contributed by atoms with Crippen LogP contribution in [0.15, 0.2) is 0 Å². The van der Waals surface area contributed by atoms with Crippen molar-refractivity contribution in [2.45, 2.75) is 25.8 Å². The van der Waals surface area contributed by atoms with Crippen molar-refractivity contribution in [3.63, 3.8) is 0 Å². The second-order valence-electron chi connectivity index (χ2n) is 3.52. The van der Waals surface area contributed by atoms with E-state index in [1.54, 1.807) is 11.8 Å². The fourth-order valence-corrected chi connectivity index (χ4v) is 1.52. The molecule has 0 aliphatic carbocycles. The van der Waals surface area contributed by atoms with Gasteiger partial charge in [-0.15, -0.1) is 0 Å². The van der Waals surface area contributed by atoms with Gasteiger partial charge in [0.05, 0.1) is 12.1 Å². The van der Waals surface area contributed by atoms with Crippen molar-refractivity contribution in [3.8, 4) is 6.07 Å². The lowest BCUT2D eigenvalue weighted by Gasteiger charge is -2.30. The van der Waals surface area contributed by atoms with Crippen molar-refractivity contribution in [1.82, 2.24) is 4.90 Å². The number of likely N-dealkylation sites (tertiary alicyclic amines) is 1. The summed E-state index contributed by atoms with van der Waals surface area (Å²) in [4.78, 5) is 13.2. The number of rotatable bonds is 1. The van der Waals surface area contributed by atoms with Gasteiger partial charge in [0.1, 0.15) is 0 Å². The number of nitrogens with two attached hydrogens (primary N) is 1. The van der Waals surface area contributed by atoms with Crippen molar-refractivity contribution in [1.29, 1.82) is 5.26 Å². The molecular weight excluding hydrogens is 166 g/mol. The molecule has 1 aliphatic rings. The van der Waals surface area contributed by atoms with E-state index in [0.29, 0.717) is 13.1 Å². The molecule has 1 rings (SSSR count). The van der Waals surface area contributed by atoms with Gasteiger partial charge in [0.2, 0.25) is 5.91 Å². The fraction of sp³-hybridized carbons (Fsp3) is 0.778. The van der Waals surface area contributed by atoms with Crippen molar-refractivity contribution >= 4 is 5.91 Å². The topological polar surface area (TPSA) is 70.1 Å². The monoisotopic (exact) mass is 181 g/mol. The Morgan fingerprint density at radius 3 is 2.54 bits per heavy atom. The van der Waals surface area contributed by atoms with Crippen molar-refractivity contribution < 1.29 is 4.79 Å². The summed E-state index contributed by atoms with van der Waals surface area (Å²) in [6.07, 6.45) is 1.57. The number of piperidine rings is 1. The van der Waals surface area contributed by atoms with Gasteiger partial charge in [0.15, 0.2) is 0 Å². The Balaban J connectivity index is 2.42. The van der Waals surface area contributed by atoms with Crippen LogP contribution in [0.25, 0.3) is 0 Å². The number of nitriles is 1. The molecule has 1 fully saturated rings. The van der Waals surface area contributed by atoms with Crippen LogP contribution in [-0.4, -0.2) is 29.9 Å². The van der Waals surface area contributed by atoms with E-state index in [1.165, 1.54) is 0 Å². The van der Waals surface area contributed by atoms with Crippen LogP contribution in [0.3, 0.4) is 0 Å². The molecule has 13 heavy (non-hydrogen) atoms. The van der Waals surface area contributed by atoms with Gasteiger partial charge in [-0.3, -0.25) is 4.79 Å². The van der Waals surface area contributed by atoms with Gasteiger partial charge in [-0.25, -0.2) is 0 Å². The lowest BCUT2D eigenvalue weighted by molar-refractivity contribution is -0.133. The molecular formula is C9H15N3O. The maximum atomic E-state index is 11.4. The zero-order chi connectivity index (χ0) is 9.84. The smallest absolute Gasteiger partial charge is 0.239 e. The predicted molar refractivity (Wildman–Crippen MR) is 48.6 cm³/mol. The minimum Gasteiger partial charge on any atom is -0.341 e. The summed E-state index contributed by atoms with van der Waals surface area (Å²) in [5, 5.41) is 8.65. The second-order valence-corrected chi connectivity index (χ2v) is 3.52. The molecule has 0 aromatic rings. The molecule has 1 amide bonds. The maximum absolute atomic E-state index is 11.4. The predicted octanol–water partition coefficient (Wildman–Crippen LogP) is 0.0958. The molecule has 1 aliphatic heterocycles. The number of nitrogens with zero attached hydrogens (tertiary/aromatic N) is 2. The van der Waals surface area contributed by atoms with E-state index in [0.717, 1.165) is 12.8 Å². The number of carbonyl (C=O) groups excluding carboxylic acids is 1. The Morgan fingerprint density at radius 1 is 1.62 bits per heavy atom. The van der Waals surface area contributed by atoms with Crippen molar-refractivity contribution in [2.75, 3.05) is 13.1 Å². The zero-order valence-electron chi connectivity index (χ0n) is 7.86. The highest BCUT2D eigenvalue weighted by molar-refractivity contribution is 5.81. The Hall–Kier alpha value is -1.08. The molecule has 1 unspecified atom stereocenters. The maximum Gasteiger partial charge on any atom is 0.239 e. The average Bonchev–Trinajstić information content (AvgIpc) is 2.17. The van der Waals surface area contributed by atoms with Crippen LogP contribution in [-0.2, 0) is 4.79 Å². The van der Waals surface area contributed by atoms with Crippen molar-refractivity contribution in [2.24, 2.45) is 11.7 Å². The highest BCUT2D eigenvalue weighted by atomic mass is 16.2. The summed E-state index contributed by atoms with van der Waals surface area (Å²) < 4.78 is 0. The molecule has 0 aromatic heterocycles. The van der Waals surface area contributed by atoms with Gasteiger partial charge in [-0.05, 0) is 19.8 Å². The molecule has 4 nitrogen and oxygen atoms in total. The minimum absolute atomic E-state index is 0.00334. The summed E-state index contributed by atoms with van der Waals surface area (Å²) in [6.45, 7) is 3.05. The molecule has 0 saturated carbocycles. The van der Waals surface area contributed by atoms with Crippen molar-refractivity contribution in [3.05, 3.63) is 0 Å². The van der Waals surface area contributed by atoms with Gasteiger partial charge in [0, 0.05) is 19.0 Å². The Bertz CT molecular complexity index is 224. The first-order valence-electron chi connectivity index (χ1n) is 4.59. The standard InChI is InChI=1S/C9H15N3O/c1-7(11)9(13)12-4-2-8(6-10)3-5-12/h7-8H,2-5,11H2,1H3. The molecule has 0 radical (unpaired) electrons. The lowest BCUT2D eigenvalue weighted by Crippen LogP contribution is -2.45. The highest BCUT2D eigenvalue weighted by Gasteiger charge is 2.23. The second kappa shape index (κ2) is 4.24. The quantitative estimate of drug-likeness (QED) is 0.623. The molecule has 0 aromatic carbocycles. The Morgan fingerprint density at radius 2 is 2.15 bits per heavy atom. The van der Waals surface area contributed by atoms with E-state index in [9.17, 15) is 4.79 Å². The van der Waals surface area contributed by atoms with Crippen LogP contribution < -0.4 is 5.73 Å². The number of hydrogen-bond acceptors (Lipinski definition) is 3. The normalized spacial score (nSPS) is 20.8. The van der Waals surface area contributed by atoms with Crippen LogP contribution in [0.4, 0.5) is 0 Å². The van der Waals surface area contributed by atoms with Gasteiger partial charge in [-0.1, -0.05) is 0 Å². The fourth-order valence-electron chi connectivity index (χ4n) is 1.52. The van der Waals surface area contributed by atoms with Gasteiger partial charge >= 0.3 is 0 Å². The number of amides is 1. The summed E-state index contributed by atoms with van der Waals surface area (Å²) in [5.41, 5.74) is 5.48. The van der Waals surface area contributed by atoms with E-state index >= 15 is 0 Å². The van der Waals surface area contributed by atoms with Crippen LogP contribution in [0.2, 0.25) is 0 Å². The summed E-state index contributed by atoms with van der Waals surface area (Å²) in [6, 6.07) is 1.81. The minimum atomic E-state index is -0.418. The van der Waals surface area contributed by atoms with E-state index in [-0.39, 0.29) is 11.8 Å². The van der Waals surface area contributed by atoms with Gasteiger partial charge in [0.25, 0.3) is 0 Å². The van der Waals surface area contributed by atoms with Gasteiger partial charge < -0.3 is 10.6 Å². The first-order chi connectivity index (χ1) is 6.15. The van der Waals surface area contributed by atoms with Crippen LogP contribution >= 0.6 is 0 Å². The Kier molecular flexibility index (Phi) is 3.26. The lowest BCUT2D eigenvalue weighted by atomic mass is 9.98. The molecule has 0 spiro atoms. The number of carbonyl (C=O) groups is 1. The molecule has 1 atom stereocenters. The molecule has 72 valence electrons. The van der Waals surface area contributed by atoms with E-state index in [1.807, 2.05) is 0 Å². The van der Waals surface area contributed by atoms with E-state index < -0.39 is 6.04 Å². The summed E-state index contributed by atoms with van der Waals surface area (Å²) >= 11 is 0. The summed E-state index contributed by atoms with van der Waals surface area (Å²) in [7, 11) is 0. The van der Waals surface area contributed by atoms with Crippen LogP contribution in [0.1, 0.15) is 19.8 Å². The van der Waals surface area contributed by atoms with Crippen LogP contribution in [0.5, 0.6) is 0 Å². The molecule has 0 bridgehead atoms. The third-order valence-corrected chi connectivity index (χ3v) is 2.38. The molecule has 2 N–H and O–H groups in total. The zero-order valence-corrected chi connectivity index (χ0v) is 7.86. The SMILES string of the molecule is CC(N)C(=O)N1CCC(C#N)CC1. The average molecular weight is 181 g/mol. The molecule has 1 saturated heterocycles. The third-order valence-electron chi connectivity index (χ3n) is 2.38. The van der Waals surface area contributed by atoms with E-state index in [2.05, 4.69) is 6.07 Å². The van der Waals surface area contributed by atoms with Crippen LogP contribution in [0, 0.1) is 17.2 Å². The third kappa shape index (κ3) is 2.43. The first-order valence-corrected chi connectivity index (χ1v) is 4.59. The van der Waals surface area contributed by atoms with Gasteiger partial charge in [-0.2, -0.15) is 5.26 Å². The first kappa shape index (κ1) is 10.0. The van der Waals surface area contributed by atoms with E-state index in [4.69, 9.17) is 11.0 Å². The Labute approximate surface area is 78.3 Å². The molecule has 1 heterocycles.